The van der Waals surface area contributed by atoms with Crippen molar-refractivity contribution in [3.8, 4) is 0 Å². The fourth-order valence-corrected chi connectivity index (χ4v) is 3.79. The second-order valence-corrected chi connectivity index (χ2v) is 8.25. The summed E-state index contributed by atoms with van der Waals surface area (Å²) >= 11 is 0. The van der Waals surface area contributed by atoms with E-state index in [0.29, 0.717) is 32.0 Å². The van der Waals surface area contributed by atoms with Crippen LogP contribution in [0.25, 0.3) is 0 Å². The number of β-amino-alcohol motifs (C(OH)–C–C–N with tert-alkyl or cyclic N) is 1. The van der Waals surface area contributed by atoms with Gasteiger partial charge in [0.15, 0.2) is 5.96 Å². The van der Waals surface area contributed by atoms with E-state index in [4.69, 9.17) is 4.74 Å². The molecule has 3 rings (SSSR count). The maximum Gasteiger partial charge on any atom is 0.227 e. The highest BCUT2D eigenvalue weighted by atomic mass is 16.5. The lowest BCUT2D eigenvalue weighted by molar-refractivity contribution is -0.117. The first-order valence-electron chi connectivity index (χ1n) is 10.9. The van der Waals surface area contributed by atoms with E-state index in [1.165, 1.54) is 0 Å². The predicted octanol–water partition coefficient (Wildman–Crippen LogP) is 0.952. The quantitative estimate of drug-likeness (QED) is 0.431. The number of ether oxygens (including phenoxy) is 1. The zero-order chi connectivity index (χ0) is 21.4. The molecule has 30 heavy (non-hydrogen) atoms. The van der Waals surface area contributed by atoms with Crippen LogP contribution in [0.15, 0.2) is 29.3 Å². The van der Waals surface area contributed by atoms with Gasteiger partial charge in [-0.1, -0.05) is 12.1 Å². The lowest BCUT2D eigenvalue weighted by Gasteiger charge is -2.34. The van der Waals surface area contributed by atoms with Crippen molar-refractivity contribution in [3.05, 3.63) is 29.8 Å². The summed E-state index contributed by atoms with van der Waals surface area (Å²) in [6.07, 6.45) is 1.57. The van der Waals surface area contributed by atoms with Crippen molar-refractivity contribution in [2.75, 3.05) is 57.4 Å². The van der Waals surface area contributed by atoms with Crippen LogP contribution >= 0.6 is 0 Å². The number of anilines is 1. The van der Waals surface area contributed by atoms with Gasteiger partial charge in [-0.15, -0.1) is 0 Å². The molecule has 1 aromatic rings. The van der Waals surface area contributed by atoms with Crippen LogP contribution < -0.4 is 15.5 Å². The first kappa shape index (κ1) is 22.5. The zero-order valence-corrected chi connectivity index (χ0v) is 18.2. The van der Waals surface area contributed by atoms with Gasteiger partial charge in [-0.2, -0.15) is 0 Å². The molecule has 0 saturated carbocycles. The van der Waals surface area contributed by atoms with Crippen LogP contribution in [-0.2, 0) is 16.1 Å². The highest BCUT2D eigenvalue weighted by Crippen LogP contribution is 2.21. The number of hydrogen-bond acceptors (Lipinski definition) is 5. The van der Waals surface area contributed by atoms with Gasteiger partial charge in [0.1, 0.15) is 0 Å². The van der Waals surface area contributed by atoms with E-state index in [0.717, 1.165) is 57.1 Å². The Bertz CT molecular complexity index is 714. The number of benzene rings is 1. The molecule has 2 heterocycles. The van der Waals surface area contributed by atoms with Gasteiger partial charge in [-0.05, 0) is 38.0 Å². The van der Waals surface area contributed by atoms with Crippen molar-refractivity contribution in [3.63, 3.8) is 0 Å². The van der Waals surface area contributed by atoms with E-state index >= 15 is 0 Å². The second-order valence-electron chi connectivity index (χ2n) is 8.25. The maximum atomic E-state index is 11.9. The highest BCUT2D eigenvalue weighted by Gasteiger charge is 2.25. The molecule has 0 radical (unpaired) electrons. The molecule has 0 bridgehead atoms. The Labute approximate surface area is 179 Å². The number of guanidine groups is 1. The normalized spacial score (nSPS) is 20.3. The molecule has 0 aromatic heterocycles. The smallest absolute Gasteiger partial charge is 0.227 e. The van der Waals surface area contributed by atoms with Crippen molar-refractivity contribution in [1.82, 2.24) is 15.5 Å². The van der Waals surface area contributed by atoms with Gasteiger partial charge < -0.3 is 25.4 Å². The average Bonchev–Trinajstić information content (AvgIpc) is 3.17. The number of rotatable bonds is 8. The highest BCUT2D eigenvalue weighted by molar-refractivity contribution is 5.95. The number of hydrogen-bond donors (Lipinski definition) is 3. The van der Waals surface area contributed by atoms with Gasteiger partial charge in [-0.25, -0.2) is 4.99 Å². The van der Waals surface area contributed by atoms with Crippen molar-refractivity contribution in [2.24, 2.45) is 4.99 Å². The lowest BCUT2D eigenvalue weighted by Crippen LogP contribution is -2.52. The minimum atomic E-state index is -0.864. The summed E-state index contributed by atoms with van der Waals surface area (Å²) in [7, 11) is 0. The predicted molar refractivity (Wildman–Crippen MR) is 119 cm³/mol. The monoisotopic (exact) mass is 417 g/mol. The summed E-state index contributed by atoms with van der Waals surface area (Å²) in [4.78, 5) is 20.6. The number of carbonyl (C=O) groups is 1. The summed E-state index contributed by atoms with van der Waals surface area (Å²) in [6, 6.07) is 8.01. The Hall–Kier alpha value is -2.16. The van der Waals surface area contributed by atoms with Gasteiger partial charge >= 0.3 is 0 Å². The number of nitrogens with one attached hydrogen (secondary N) is 2. The molecule has 2 aliphatic heterocycles. The van der Waals surface area contributed by atoms with Crippen LogP contribution in [0.3, 0.4) is 0 Å². The molecule has 2 fully saturated rings. The van der Waals surface area contributed by atoms with Crippen LogP contribution in [0.1, 0.15) is 32.3 Å². The molecule has 1 atom stereocenters. The van der Waals surface area contributed by atoms with Gasteiger partial charge in [0.25, 0.3) is 0 Å². The van der Waals surface area contributed by atoms with Crippen molar-refractivity contribution >= 4 is 17.6 Å². The molecule has 1 unspecified atom stereocenters. The van der Waals surface area contributed by atoms with Gasteiger partial charge in [0.05, 0.1) is 25.4 Å². The first-order valence-corrected chi connectivity index (χ1v) is 10.9. The second kappa shape index (κ2) is 10.7. The van der Waals surface area contributed by atoms with Gasteiger partial charge in [0, 0.05) is 51.4 Å². The number of amides is 1. The molecule has 1 amide bonds. The number of aliphatic imine (C=N–C) groups is 1. The largest absolute Gasteiger partial charge is 0.387 e. The molecule has 166 valence electrons. The molecule has 2 aliphatic rings. The molecule has 8 heteroatoms. The topological polar surface area (TPSA) is 89.4 Å². The van der Waals surface area contributed by atoms with Crippen molar-refractivity contribution < 1.29 is 14.6 Å². The third kappa shape index (κ3) is 6.68. The molecule has 0 spiro atoms. The van der Waals surface area contributed by atoms with Gasteiger partial charge in [-0.3, -0.25) is 9.69 Å². The minimum Gasteiger partial charge on any atom is -0.387 e. The van der Waals surface area contributed by atoms with Crippen LogP contribution in [0, 0.1) is 0 Å². The molecular formula is C22H35N5O3. The Balaban J connectivity index is 1.52. The fourth-order valence-electron chi connectivity index (χ4n) is 3.79. The summed E-state index contributed by atoms with van der Waals surface area (Å²) in [5.41, 5.74) is 1.16. The zero-order valence-electron chi connectivity index (χ0n) is 18.2. The third-order valence-corrected chi connectivity index (χ3v) is 5.39. The molecular weight excluding hydrogens is 382 g/mol. The number of aliphatic hydroxyl groups is 1. The Morgan fingerprint density at radius 2 is 1.93 bits per heavy atom. The molecule has 3 N–H and O–H groups in total. The Kier molecular flexibility index (Phi) is 8.07. The van der Waals surface area contributed by atoms with E-state index in [9.17, 15) is 9.90 Å². The van der Waals surface area contributed by atoms with E-state index in [1.54, 1.807) is 0 Å². The van der Waals surface area contributed by atoms with E-state index in [-0.39, 0.29) is 5.91 Å². The van der Waals surface area contributed by atoms with Crippen LogP contribution in [0.2, 0.25) is 0 Å². The summed E-state index contributed by atoms with van der Waals surface area (Å²) in [5, 5.41) is 17.3. The fraction of sp³-hybridized carbons (Fsp3) is 0.636. The molecule has 0 aliphatic carbocycles. The van der Waals surface area contributed by atoms with E-state index in [1.807, 2.05) is 43.0 Å². The van der Waals surface area contributed by atoms with Crippen LogP contribution in [0.5, 0.6) is 0 Å². The van der Waals surface area contributed by atoms with Crippen molar-refractivity contribution in [1.29, 1.82) is 0 Å². The summed E-state index contributed by atoms with van der Waals surface area (Å²) in [5.74, 6) is 0.877. The average molecular weight is 418 g/mol. The van der Waals surface area contributed by atoms with Crippen LogP contribution in [-0.4, -0.2) is 80.0 Å². The molecule has 8 nitrogen and oxygen atoms in total. The molecule has 1 aromatic carbocycles. The van der Waals surface area contributed by atoms with Crippen molar-refractivity contribution in [2.45, 2.75) is 38.8 Å². The standard InChI is InChI=1S/C22H35N5O3/c1-3-23-21(25-16-22(2,29)17-26-11-13-30-14-12-26)24-15-18-6-8-19(9-7-18)27-10-4-5-20(27)28/h6-9,29H,3-5,10-17H2,1-2H3,(H2,23,24,25). The SMILES string of the molecule is CCNC(=NCc1ccc(N2CCCC2=O)cc1)NCC(C)(O)CN1CCOCC1. The number of carbonyl (C=O) groups excluding carboxylic acids is 1. The summed E-state index contributed by atoms with van der Waals surface area (Å²) < 4.78 is 5.37. The third-order valence-electron chi connectivity index (χ3n) is 5.39. The van der Waals surface area contributed by atoms with Crippen LogP contribution in [0.4, 0.5) is 5.69 Å². The first-order chi connectivity index (χ1) is 14.5. The summed E-state index contributed by atoms with van der Waals surface area (Å²) in [6.45, 7) is 10.1. The Morgan fingerprint density at radius 1 is 1.20 bits per heavy atom. The number of morpholine rings is 1. The van der Waals surface area contributed by atoms with E-state index in [2.05, 4.69) is 20.5 Å². The van der Waals surface area contributed by atoms with Gasteiger partial charge in [0.2, 0.25) is 5.91 Å². The molecule has 2 saturated heterocycles. The van der Waals surface area contributed by atoms with E-state index < -0.39 is 5.60 Å². The lowest BCUT2D eigenvalue weighted by atomic mass is 10.1. The Morgan fingerprint density at radius 3 is 2.57 bits per heavy atom. The maximum absolute atomic E-state index is 11.9. The number of nitrogens with zero attached hydrogens (tertiary/aromatic N) is 3. The minimum absolute atomic E-state index is 0.198.